The van der Waals surface area contributed by atoms with E-state index in [9.17, 15) is 10.2 Å². The second-order valence-corrected chi connectivity index (χ2v) is 19.4. The van der Waals surface area contributed by atoms with Gasteiger partial charge in [-0.2, -0.15) is 10.2 Å². The van der Waals surface area contributed by atoms with Gasteiger partial charge in [0, 0.05) is 11.4 Å². The molecule has 0 aliphatic heterocycles. The number of hydrogen-bond donors (Lipinski definition) is 2. The van der Waals surface area contributed by atoms with E-state index in [4.69, 9.17) is 10.2 Å². The lowest BCUT2D eigenvalue weighted by Gasteiger charge is -2.61. The highest BCUT2D eigenvalue weighted by Crippen LogP contribution is 2.68. The molecule has 8 rings (SSSR count). The van der Waals surface area contributed by atoms with E-state index in [0.717, 1.165) is 73.0 Å². The first-order valence-electron chi connectivity index (χ1n) is 19.4. The Kier molecular flexibility index (Phi) is 7.21. The van der Waals surface area contributed by atoms with Crippen LogP contribution < -0.4 is 0 Å². The van der Waals surface area contributed by atoms with Crippen molar-refractivity contribution in [1.82, 2.24) is 0 Å². The fraction of sp³-hybridized carbons (Fsp3) is 0.950. The van der Waals surface area contributed by atoms with E-state index in [-0.39, 0.29) is 23.0 Å². The van der Waals surface area contributed by atoms with Crippen molar-refractivity contribution in [3.8, 4) is 0 Å². The first-order valence-corrected chi connectivity index (χ1v) is 19.4. The summed E-state index contributed by atoms with van der Waals surface area (Å²) in [6.45, 7) is 15.1. The molecular formula is C40H64N2O2. The van der Waals surface area contributed by atoms with Crippen LogP contribution >= 0.6 is 0 Å². The predicted octanol–water partition coefficient (Wildman–Crippen LogP) is 9.08. The Morgan fingerprint density at radius 2 is 0.886 bits per heavy atom. The van der Waals surface area contributed by atoms with Crippen LogP contribution in [-0.2, 0) is 0 Å². The molecule has 246 valence electrons. The first-order chi connectivity index (χ1) is 20.9. The monoisotopic (exact) mass is 604 g/mol. The Bertz CT molecular complexity index is 1120. The van der Waals surface area contributed by atoms with Crippen LogP contribution in [0.4, 0.5) is 0 Å². The first kappa shape index (κ1) is 30.6. The van der Waals surface area contributed by atoms with Gasteiger partial charge in [-0.1, -0.05) is 41.5 Å². The van der Waals surface area contributed by atoms with Crippen molar-refractivity contribution in [2.75, 3.05) is 0 Å². The van der Waals surface area contributed by atoms with Crippen molar-refractivity contribution in [3.63, 3.8) is 0 Å². The van der Waals surface area contributed by atoms with Crippen molar-refractivity contribution < 1.29 is 10.2 Å². The van der Waals surface area contributed by atoms with Gasteiger partial charge in [-0.3, -0.25) is 0 Å². The molecular weight excluding hydrogens is 540 g/mol. The van der Waals surface area contributed by atoms with E-state index in [1.54, 1.807) is 0 Å². The minimum Gasteiger partial charge on any atom is -0.393 e. The van der Waals surface area contributed by atoms with E-state index >= 15 is 0 Å². The smallest absolute Gasteiger partial charge is 0.0596 e. The fourth-order valence-corrected chi connectivity index (χ4v) is 15.2. The third kappa shape index (κ3) is 4.20. The summed E-state index contributed by atoms with van der Waals surface area (Å²) in [7, 11) is 0. The van der Waals surface area contributed by atoms with Crippen LogP contribution in [0.3, 0.4) is 0 Å². The molecule has 4 heteroatoms. The van der Waals surface area contributed by atoms with Crippen molar-refractivity contribution >= 4 is 11.4 Å². The molecule has 0 radical (unpaired) electrons. The lowest BCUT2D eigenvalue weighted by atomic mass is 9.44. The van der Waals surface area contributed by atoms with Gasteiger partial charge in [0.05, 0.1) is 12.2 Å². The maximum atomic E-state index is 10.9. The third-order valence-electron chi connectivity index (χ3n) is 17.9. The molecule has 0 unspecified atom stereocenters. The molecule has 4 nitrogen and oxygen atoms in total. The molecule has 0 spiro atoms. The third-order valence-corrected chi connectivity index (χ3v) is 17.9. The molecule has 16 atom stereocenters. The van der Waals surface area contributed by atoms with Crippen molar-refractivity contribution in [1.29, 1.82) is 0 Å². The minimum absolute atomic E-state index is 0.0722. The second kappa shape index (κ2) is 10.4. The Morgan fingerprint density at radius 1 is 0.500 bits per heavy atom. The van der Waals surface area contributed by atoms with Crippen LogP contribution in [0, 0.1) is 80.8 Å². The van der Waals surface area contributed by atoms with Gasteiger partial charge in [-0.25, -0.2) is 0 Å². The highest BCUT2D eigenvalue weighted by atomic mass is 16.3. The Morgan fingerprint density at radius 3 is 1.30 bits per heavy atom. The standard InChI is InChI=1S/C40H64N2O2/c1-23-21-39(5)25(7-9-27-29-11-13-35(43)37(29,3)17-15-31(27)39)19-33(23)41-42-34-20-26-8-10-28-30-12-14-36(44)38(30,4)18-16-32(28)40(26,6)22-24(34)2/h23-32,35-36,43-44H,7-22H2,1-6H3/t23-,24-,25+,26+,27+,28+,29+,30+,31+,32+,35+,36+,37+,38+,39+,40+/m1/s1. The molecule has 8 aliphatic carbocycles. The van der Waals surface area contributed by atoms with Gasteiger partial charge in [-0.15, -0.1) is 0 Å². The summed E-state index contributed by atoms with van der Waals surface area (Å²) < 4.78 is 0. The summed E-state index contributed by atoms with van der Waals surface area (Å²) in [6.07, 6.45) is 19.8. The topological polar surface area (TPSA) is 65.2 Å². The van der Waals surface area contributed by atoms with E-state index in [0.29, 0.717) is 22.7 Å². The van der Waals surface area contributed by atoms with E-state index in [1.165, 1.54) is 88.5 Å². The zero-order valence-corrected chi connectivity index (χ0v) is 29.0. The number of aliphatic hydroxyl groups is 2. The summed E-state index contributed by atoms with van der Waals surface area (Å²) in [4.78, 5) is 0. The van der Waals surface area contributed by atoms with Gasteiger partial charge in [0.1, 0.15) is 0 Å². The minimum atomic E-state index is -0.0722. The fourth-order valence-electron chi connectivity index (χ4n) is 15.2. The van der Waals surface area contributed by atoms with Gasteiger partial charge in [-0.05, 0) is 184 Å². The molecule has 8 fully saturated rings. The van der Waals surface area contributed by atoms with Gasteiger partial charge in [0.15, 0.2) is 0 Å². The molecule has 8 aliphatic rings. The van der Waals surface area contributed by atoms with Crippen LogP contribution in [0.5, 0.6) is 0 Å². The van der Waals surface area contributed by atoms with Crippen LogP contribution in [0.1, 0.15) is 144 Å². The van der Waals surface area contributed by atoms with Crippen molar-refractivity contribution in [3.05, 3.63) is 0 Å². The lowest BCUT2D eigenvalue weighted by Crippen LogP contribution is -2.55. The Hall–Kier alpha value is -0.740. The summed E-state index contributed by atoms with van der Waals surface area (Å²) in [5.41, 5.74) is 3.99. The summed E-state index contributed by atoms with van der Waals surface area (Å²) in [5.74, 6) is 7.34. The molecule has 0 bridgehead atoms. The summed E-state index contributed by atoms with van der Waals surface area (Å²) >= 11 is 0. The summed E-state index contributed by atoms with van der Waals surface area (Å²) in [5, 5.41) is 32.1. The molecule has 0 amide bonds. The van der Waals surface area contributed by atoms with Gasteiger partial charge < -0.3 is 10.2 Å². The molecule has 0 aromatic rings. The van der Waals surface area contributed by atoms with E-state index in [1.807, 2.05) is 0 Å². The number of aliphatic hydroxyl groups excluding tert-OH is 2. The number of rotatable bonds is 1. The molecule has 0 aromatic heterocycles. The van der Waals surface area contributed by atoms with Crippen LogP contribution in [0.2, 0.25) is 0 Å². The molecule has 44 heavy (non-hydrogen) atoms. The van der Waals surface area contributed by atoms with Crippen molar-refractivity contribution in [2.45, 2.75) is 156 Å². The van der Waals surface area contributed by atoms with Crippen LogP contribution in [0.15, 0.2) is 10.2 Å². The number of fused-ring (bicyclic) bond motifs is 10. The Balaban J connectivity index is 0.970. The highest BCUT2D eigenvalue weighted by Gasteiger charge is 2.62. The van der Waals surface area contributed by atoms with Gasteiger partial charge in [0.25, 0.3) is 0 Å². The molecule has 0 aromatic carbocycles. The number of hydrogen-bond acceptors (Lipinski definition) is 4. The van der Waals surface area contributed by atoms with Crippen molar-refractivity contribution in [2.24, 2.45) is 91.0 Å². The van der Waals surface area contributed by atoms with Crippen LogP contribution in [0.25, 0.3) is 0 Å². The average molecular weight is 605 g/mol. The van der Waals surface area contributed by atoms with Crippen LogP contribution in [-0.4, -0.2) is 33.8 Å². The Labute approximate surface area is 268 Å². The highest BCUT2D eigenvalue weighted by molar-refractivity contribution is 5.91. The SMILES string of the molecule is C[C@@H]1C[C@@]2(C)[C@@H](CC[C@@H]3[C@@H]2CC[C@]2(C)[C@@H](O)CC[C@@H]32)CC1=NN=C1C[C@@H]2CC[C@@H]3[C@H](CC[C@]4(C)[C@@H](O)CC[C@@H]34)[C@@]2(C)C[C@H]1C. The summed E-state index contributed by atoms with van der Waals surface area (Å²) in [6, 6.07) is 0. The van der Waals surface area contributed by atoms with Gasteiger partial charge >= 0.3 is 0 Å². The number of nitrogens with zero attached hydrogens (tertiary/aromatic N) is 2. The molecule has 2 N–H and O–H groups in total. The molecule has 0 saturated heterocycles. The molecule has 0 heterocycles. The van der Waals surface area contributed by atoms with E-state index in [2.05, 4.69) is 41.5 Å². The van der Waals surface area contributed by atoms with Gasteiger partial charge in [0.2, 0.25) is 0 Å². The zero-order valence-electron chi connectivity index (χ0n) is 29.0. The average Bonchev–Trinajstić information content (AvgIpc) is 3.46. The normalized spacial score (nSPS) is 60.2. The second-order valence-electron chi connectivity index (χ2n) is 19.4. The maximum absolute atomic E-state index is 10.9. The largest absolute Gasteiger partial charge is 0.393 e. The zero-order chi connectivity index (χ0) is 30.8. The maximum Gasteiger partial charge on any atom is 0.0596 e. The lowest BCUT2D eigenvalue weighted by molar-refractivity contribution is -0.116. The van der Waals surface area contributed by atoms with E-state index < -0.39 is 0 Å². The quantitative estimate of drug-likeness (QED) is 0.293. The predicted molar refractivity (Wildman–Crippen MR) is 179 cm³/mol. The molecule has 8 saturated carbocycles.